The summed E-state index contributed by atoms with van der Waals surface area (Å²) in [6.07, 6.45) is 3.21. The van der Waals surface area contributed by atoms with E-state index in [1.807, 2.05) is 42.5 Å². The summed E-state index contributed by atoms with van der Waals surface area (Å²) in [6, 6.07) is 15.9. The van der Waals surface area contributed by atoms with Gasteiger partial charge < -0.3 is 10.3 Å². The fourth-order valence-corrected chi connectivity index (χ4v) is 2.54. The van der Waals surface area contributed by atoms with Crippen molar-refractivity contribution in [3.05, 3.63) is 71.4 Å². The van der Waals surface area contributed by atoms with Gasteiger partial charge in [-0.15, -0.1) is 6.34 Å². The van der Waals surface area contributed by atoms with Crippen LogP contribution in [-0.2, 0) is 0 Å². The first-order chi connectivity index (χ1) is 9.93. The van der Waals surface area contributed by atoms with Crippen LogP contribution in [0.4, 0.5) is 5.69 Å². The normalized spacial score (nSPS) is 15.9. The Morgan fingerprint density at radius 3 is 2.67 bits per heavy atom. The SMILES string of the molecule is C1=Nc2ccccc2C(c2ncnc3ccccc23)[N-]1.[Li+]. The molecule has 1 unspecified atom stereocenters. The molecular weight excluding hydrogens is 255 g/mol. The quantitative estimate of drug-likeness (QED) is 0.611. The summed E-state index contributed by atoms with van der Waals surface area (Å²) in [4.78, 5) is 13.1. The van der Waals surface area contributed by atoms with Crippen LogP contribution in [0.3, 0.4) is 0 Å². The van der Waals surface area contributed by atoms with Crippen LogP contribution in [0, 0.1) is 0 Å². The molecule has 3 aromatic rings. The molecular formula is C16H11LiN4. The van der Waals surface area contributed by atoms with Crippen LogP contribution in [0.2, 0.25) is 0 Å². The number of para-hydroxylation sites is 2. The molecule has 0 saturated carbocycles. The molecule has 1 aliphatic rings. The van der Waals surface area contributed by atoms with E-state index < -0.39 is 0 Å². The molecule has 4 nitrogen and oxygen atoms in total. The van der Waals surface area contributed by atoms with Gasteiger partial charge in [0.25, 0.3) is 0 Å². The van der Waals surface area contributed by atoms with E-state index in [9.17, 15) is 0 Å². The van der Waals surface area contributed by atoms with Crippen LogP contribution in [0.15, 0.2) is 59.9 Å². The number of hydrogen-bond donors (Lipinski definition) is 0. The average Bonchev–Trinajstić information content (AvgIpc) is 2.54. The van der Waals surface area contributed by atoms with Gasteiger partial charge in [0.05, 0.1) is 11.2 Å². The van der Waals surface area contributed by atoms with Crippen molar-refractivity contribution in [2.75, 3.05) is 0 Å². The number of aromatic nitrogens is 2. The molecule has 0 saturated heterocycles. The molecule has 96 valence electrons. The smallest absolute Gasteiger partial charge is 0.459 e. The monoisotopic (exact) mass is 266 g/mol. The predicted molar refractivity (Wildman–Crippen MR) is 79.3 cm³/mol. The maximum Gasteiger partial charge on any atom is 1.00 e. The Morgan fingerprint density at radius 1 is 0.905 bits per heavy atom. The zero-order valence-corrected chi connectivity index (χ0v) is 11.6. The zero-order valence-electron chi connectivity index (χ0n) is 11.6. The van der Waals surface area contributed by atoms with Gasteiger partial charge in [0.15, 0.2) is 0 Å². The molecule has 2 heterocycles. The summed E-state index contributed by atoms with van der Waals surface area (Å²) in [5.74, 6) is 0. The van der Waals surface area contributed by atoms with Gasteiger partial charge in [-0.1, -0.05) is 42.5 Å². The van der Waals surface area contributed by atoms with Gasteiger partial charge in [-0.25, -0.2) is 9.97 Å². The van der Waals surface area contributed by atoms with Crippen molar-refractivity contribution in [2.45, 2.75) is 6.04 Å². The summed E-state index contributed by atoms with van der Waals surface area (Å²) in [7, 11) is 0. The summed E-state index contributed by atoms with van der Waals surface area (Å²) >= 11 is 0. The fourth-order valence-electron chi connectivity index (χ4n) is 2.54. The first-order valence-electron chi connectivity index (χ1n) is 6.44. The number of rotatable bonds is 1. The van der Waals surface area contributed by atoms with Gasteiger partial charge in [0, 0.05) is 11.4 Å². The topological polar surface area (TPSA) is 52.2 Å². The van der Waals surface area contributed by atoms with Crippen LogP contribution in [0.25, 0.3) is 16.2 Å². The minimum Gasteiger partial charge on any atom is -0.459 e. The van der Waals surface area contributed by atoms with Crippen molar-refractivity contribution in [1.82, 2.24) is 9.97 Å². The van der Waals surface area contributed by atoms with E-state index in [0.29, 0.717) is 0 Å². The minimum absolute atomic E-state index is 0. The summed E-state index contributed by atoms with van der Waals surface area (Å²) in [5, 5.41) is 5.55. The maximum atomic E-state index is 4.51. The van der Waals surface area contributed by atoms with E-state index in [0.717, 1.165) is 27.8 Å². The second-order valence-electron chi connectivity index (χ2n) is 4.63. The molecule has 1 aliphatic heterocycles. The molecule has 0 N–H and O–H groups in total. The van der Waals surface area contributed by atoms with E-state index in [4.69, 9.17) is 0 Å². The molecule has 1 atom stereocenters. The Hall–Kier alpha value is -2.15. The first-order valence-corrected chi connectivity index (χ1v) is 6.44. The number of nitrogens with zero attached hydrogens (tertiary/aromatic N) is 4. The van der Waals surface area contributed by atoms with Crippen LogP contribution in [-0.4, -0.2) is 16.3 Å². The average molecular weight is 266 g/mol. The van der Waals surface area contributed by atoms with Gasteiger partial charge in [-0.2, -0.15) is 0 Å². The maximum absolute atomic E-state index is 4.51. The van der Waals surface area contributed by atoms with Gasteiger partial charge in [-0.3, -0.25) is 0 Å². The van der Waals surface area contributed by atoms with Gasteiger partial charge >= 0.3 is 18.9 Å². The molecule has 21 heavy (non-hydrogen) atoms. The van der Waals surface area contributed by atoms with Crippen molar-refractivity contribution < 1.29 is 18.9 Å². The second kappa shape index (κ2) is 5.69. The Bertz CT molecular complexity index is 811. The van der Waals surface area contributed by atoms with Crippen LogP contribution >= 0.6 is 0 Å². The van der Waals surface area contributed by atoms with Gasteiger partial charge in [-0.05, 0) is 17.3 Å². The Labute approximate surface area is 134 Å². The summed E-state index contributed by atoms with van der Waals surface area (Å²) in [5.41, 5.74) is 3.90. The van der Waals surface area contributed by atoms with Crippen molar-refractivity contribution in [1.29, 1.82) is 0 Å². The van der Waals surface area contributed by atoms with E-state index in [1.165, 1.54) is 0 Å². The van der Waals surface area contributed by atoms with Crippen molar-refractivity contribution in [3.63, 3.8) is 0 Å². The predicted octanol–water partition coefficient (Wildman–Crippen LogP) is 0.770. The van der Waals surface area contributed by atoms with Crippen LogP contribution < -0.4 is 18.9 Å². The molecule has 0 bridgehead atoms. The van der Waals surface area contributed by atoms with E-state index >= 15 is 0 Å². The van der Waals surface area contributed by atoms with E-state index in [-0.39, 0.29) is 24.9 Å². The summed E-state index contributed by atoms with van der Waals surface area (Å²) in [6.45, 7) is 0. The molecule has 0 amide bonds. The fraction of sp³-hybridized carbons (Fsp3) is 0.0625. The van der Waals surface area contributed by atoms with Crippen molar-refractivity contribution >= 4 is 22.9 Å². The second-order valence-corrected chi connectivity index (χ2v) is 4.63. The molecule has 5 heteroatoms. The summed E-state index contributed by atoms with van der Waals surface area (Å²) < 4.78 is 0. The Morgan fingerprint density at radius 2 is 1.71 bits per heavy atom. The van der Waals surface area contributed by atoms with E-state index in [1.54, 1.807) is 12.7 Å². The Balaban J connectivity index is 0.00000132. The number of fused-ring (bicyclic) bond motifs is 2. The van der Waals surface area contributed by atoms with Gasteiger partial charge in [0.2, 0.25) is 0 Å². The van der Waals surface area contributed by atoms with Crippen LogP contribution in [0.5, 0.6) is 0 Å². The molecule has 2 aromatic carbocycles. The van der Waals surface area contributed by atoms with Gasteiger partial charge in [0.1, 0.15) is 6.33 Å². The largest absolute Gasteiger partial charge is 1.00 e. The number of benzene rings is 2. The standard InChI is InChI=1S/C16H11N4.Li/c1-3-7-13-11(5-1)15(19-9-17-13)16-12-6-2-4-8-14(12)18-10-20-16;/h1-10,15H;/q-1;+1. The third-order valence-corrected chi connectivity index (χ3v) is 3.48. The molecule has 0 fully saturated rings. The molecule has 0 radical (unpaired) electrons. The zero-order chi connectivity index (χ0) is 13.4. The van der Waals surface area contributed by atoms with Crippen molar-refractivity contribution in [3.8, 4) is 0 Å². The molecule has 1 aromatic heterocycles. The van der Waals surface area contributed by atoms with Crippen LogP contribution in [0.1, 0.15) is 17.3 Å². The van der Waals surface area contributed by atoms with Crippen molar-refractivity contribution in [2.24, 2.45) is 4.99 Å². The number of aliphatic imine (C=N–C) groups is 1. The molecule has 0 spiro atoms. The third kappa shape index (κ3) is 2.33. The first kappa shape index (κ1) is 13.8. The Kier molecular flexibility index (Phi) is 3.74. The van der Waals surface area contributed by atoms with E-state index in [2.05, 4.69) is 26.3 Å². The molecule has 0 aliphatic carbocycles. The minimum atomic E-state index is -0.114. The number of hydrogen-bond acceptors (Lipinski definition) is 3. The molecule has 4 rings (SSSR count). The third-order valence-electron chi connectivity index (χ3n) is 3.48.